The topological polar surface area (TPSA) is 66.5 Å². The van der Waals surface area contributed by atoms with Gasteiger partial charge in [0.25, 0.3) is 0 Å². The van der Waals surface area contributed by atoms with E-state index in [-0.39, 0.29) is 24.9 Å². The highest BCUT2D eigenvalue weighted by molar-refractivity contribution is 7.92. The Labute approximate surface area is 139 Å². The fourth-order valence-corrected chi connectivity index (χ4v) is 4.26. The van der Waals surface area contributed by atoms with Crippen LogP contribution in [0.15, 0.2) is 18.2 Å². The number of hydrogen-bond donors (Lipinski definition) is 1. The number of amides is 1. The van der Waals surface area contributed by atoms with Gasteiger partial charge in [-0.2, -0.15) is 0 Å². The maximum Gasteiger partial charge on any atom is 0.232 e. The largest absolute Gasteiger partial charge is 0.353 e. The number of aryl methyl sites for hydroxylation is 2. The van der Waals surface area contributed by atoms with Crippen LogP contribution in [0.2, 0.25) is 0 Å². The van der Waals surface area contributed by atoms with E-state index < -0.39 is 10.0 Å². The van der Waals surface area contributed by atoms with Crippen LogP contribution in [-0.2, 0) is 14.8 Å². The van der Waals surface area contributed by atoms with Gasteiger partial charge in [0.2, 0.25) is 15.9 Å². The van der Waals surface area contributed by atoms with Crippen LogP contribution in [-0.4, -0.2) is 33.2 Å². The van der Waals surface area contributed by atoms with Gasteiger partial charge < -0.3 is 5.32 Å². The molecule has 0 spiro atoms. The van der Waals surface area contributed by atoms with Gasteiger partial charge in [-0.25, -0.2) is 8.42 Å². The second-order valence-electron chi connectivity index (χ2n) is 6.37. The first-order valence-electron chi connectivity index (χ1n) is 8.12. The van der Waals surface area contributed by atoms with E-state index >= 15 is 0 Å². The van der Waals surface area contributed by atoms with Crippen molar-refractivity contribution in [2.45, 2.75) is 52.0 Å². The fraction of sp³-hybridized carbons (Fsp3) is 0.588. The average Bonchev–Trinajstić information content (AvgIpc) is 2.93. The standard InChI is InChI=1S/C17H26N2O3S/c1-13-7-6-8-14(2)17(13)19(23(3,21)22)12-11-16(20)18-15-9-4-5-10-15/h6-8,15H,4-5,9-12H2,1-3H3,(H,18,20). The van der Waals surface area contributed by atoms with Crippen LogP contribution in [0.3, 0.4) is 0 Å². The maximum absolute atomic E-state index is 12.2. The summed E-state index contributed by atoms with van der Waals surface area (Å²) in [5.74, 6) is -0.0724. The number of hydrogen-bond acceptors (Lipinski definition) is 3. The summed E-state index contributed by atoms with van der Waals surface area (Å²) in [7, 11) is -3.43. The molecule has 5 nitrogen and oxygen atoms in total. The van der Waals surface area contributed by atoms with Gasteiger partial charge in [0.1, 0.15) is 0 Å². The van der Waals surface area contributed by atoms with Gasteiger partial charge in [-0.15, -0.1) is 0 Å². The summed E-state index contributed by atoms with van der Waals surface area (Å²) in [6, 6.07) is 5.94. The minimum absolute atomic E-state index is 0.0724. The number of benzene rings is 1. The van der Waals surface area contributed by atoms with Crippen molar-refractivity contribution in [3.8, 4) is 0 Å². The first-order chi connectivity index (χ1) is 10.8. The quantitative estimate of drug-likeness (QED) is 0.867. The highest BCUT2D eigenvalue weighted by Gasteiger charge is 2.23. The zero-order chi connectivity index (χ0) is 17.0. The second kappa shape index (κ2) is 7.34. The van der Waals surface area contributed by atoms with Gasteiger partial charge in [-0.1, -0.05) is 31.0 Å². The fourth-order valence-electron chi connectivity index (χ4n) is 3.22. The molecule has 0 atom stereocenters. The molecule has 6 heteroatoms. The molecule has 1 aliphatic carbocycles. The van der Waals surface area contributed by atoms with E-state index in [0.717, 1.165) is 36.8 Å². The SMILES string of the molecule is Cc1cccc(C)c1N(CCC(=O)NC1CCCC1)S(C)(=O)=O. The third kappa shape index (κ3) is 4.70. The monoisotopic (exact) mass is 338 g/mol. The van der Waals surface area contributed by atoms with E-state index in [1.54, 1.807) is 0 Å². The minimum Gasteiger partial charge on any atom is -0.353 e. The van der Waals surface area contributed by atoms with Crippen molar-refractivity contribution < 1.29 is 13.2 Å². The summed E-state index contributed by atoms with van der Waals surface area (Å²) in [5.41, 5.74) is 2.47. The Morgan fingerprint density at radius 3 is 2.30 bits per heavy atom. The number of carbonyl (C=O) groups excluding carboxylic acids is 1. The lowest BCUT2D eigenvalue weighted by molar-refractivity contribution is -0.121. The molecule has 23 heavy (non-hydrogen) atoms. The van der Waals surface area contributed by atoms with E-state index in [1.165, 1.54) is 10.6 Å². The highest BCUT2D eigenvalue weighted by atomic mass is 32.2. The molecule has 1 aromatic rings. The summed E-state index contributed by atoms with van der Waals surface area (Å²) in [6.45, 7) is 3.95. The maximum atomic E-state index is 12.2. The first kappa shape index (κ1) is 17.8. The summed E-state index contributed by atoms with van der Waals surface area (Å²) in [5, 5.41) is 3.01. The minimum atomic E-state index is -3.43. The van der Waals surface area contributed by atoms with E-state index in [2.05, 4.69) is 5.32 Å². The molecule has 1 fully saturated rings. The number of rotatable bonds is 6. The van der Waals surface area contributed by atoms with E-state index in [1.807, 2.05) is 32.0 Å². The van der Waals surface area contributed by atoms with Crippen LogP contribution in [0.1, 0.15) is 43.2 Å². The normalized spacial score (nSPS) is 15.6. The number of nitrogens with one attached hydrogen (secondary N) is 1. The van der Waals surface area contributed by atoms with E-state index in [9.17, 15) is 13.2 Å². The lowest BCUT2D eigenvalue weighted by atomic mass is 10.1. The zero-order valence-corrected chi connectivity index (χ0v) is 14.9. The Balaban J connectivity index is 2.09. The predicted octanol–water partition coefficient (Wildman–Crippen LogP) is 2.52. The van der Waals surface area contributed by atoms with Gasteiger partial charge in [-0.05, 0) is 37.8 Å². The third-order valence-electron chi connectivity index (χ3n) is 4.35. The summed E-state index contributed by atoms with van der Waals surface area (Å²) < 4.78 is 25.7. The molecule has 0 bridgehead atoms. The third-order valence-corrected chi connectivity index (χ3v) is 5.52. The van der Waals surface area contributed by atoms with Crippen molar-refractivity contribution in [2.75, 3.05) is 17.1 Å². The van der Waals surface area contributed by atoms with E-state index in [0.29, 0.717) is 5.69 Å². The first-order valence-corrected chi connectivity index (χ1v) is 9.97. The Hall–Kier alpha value is -1.56. The molecule has 0 aromatic heterocycles. The molecule has 0 heterocycles. The molecular weight excluding hydrogens is 312 g/mol. The molecule has 1 amide bonds. The Bertz CT molecular complexity index is 644. The molecule has 0 saturated heterocycles. The van der Waals surface area contributed by atoms with Gasteiger partial charge in [0, 0.05) is 19.0 Å². The molecule has 0 radical (unpaired) electrons. The molecular formula is C17H26N2O3S. The summed E-state index contributed by atoms with van der Waals surface area (Å²) in [4.78, 5) is 12.1. The highest BCUT2D eigenvalue weighted by Crippen LogP contribution is 2.27. The van der Waals surface area contributed by atoms with Crippen LogP contribution < -0.4 is 9.62 Å². The number of carbonyl (C=O) groups is 1. The van der Waals surface area contributed by atoms with Crippen LogP contribution in [0.25, 0.3) is 0 Å². The predicted molar refractivity (Wildman–Crippen MR) is 93.1 cm³/mol. The Morgan fingerprint density at radius 1 is 1.22 bits per heavy atom. The van der Waals surface area contributed by atoms with Gasteiger partial charge in [-0.3, -0.25) is 9.10 Å². The van der Waals surface area contributed by atoms with Crippen molar-refractivity contribution in [1.29, 1.82) is 0 Å². The van der Waals surface area contributed by atoms with Crippen LogP contribution in [0.5, 0.6) is 0 Å². The Morgan fingerprint density at radius 2 is 1.78 bits per heavy atom. The summed E-state index contributed by atoms with van der Waals surface area (Å²) >= 11 is 0. The van der Waals surface area contributed by atoms with Crippen molar-refractivity contribution in [1.82, 2.24) is 5.32 Å². The molecule has 1 N–H and O–H groups in total. The molecule has 1 aliphatic rings. The number of nitrogens with zero attached hydrogens (tertiary/aromatic N) is 1. The molecule has 2 rings (SSSR count). The van der Waals surface area contributed by atoms with Crippen LogP contribution in [0, 0.1) is 13.8 Å². The molecule has 0 aliphatic heterocycles. The lowest BCUT2D eigenvalue weighted by Gasteiger charge is -2.26. The zero-order valence-electron chi connectivity index (χ0n) is 14.1. The van der Waals surface area contributed by atoms with Crippen molar-refractivity contribution in [3.63, 3.8) is 0 Å². The molecule has 0 unspecified atom stereocenters. The second-order valence-corrected chi connectivity index (χ2v) is 8.28. The number of para-hydroxylation sites is 1. The van der Waals surface area contributed by atoms with Gasteiger partial charge >= 0.3 is 0 Å². The van der Waals surface area contributed by atoms with E-state index in [4.69, 9.17) is 0 Å². The van der Waals surface area contributed by atoms with Crippen LogP contribution >= 0.6 is 0 Å². The molecule has 128 valence electrons. The van der Waals surface area contributed by atoms with Crippen molar-refractivity contribution in [3.05, 3.63) is 29.3 Å². The van der Waals surface area contributed by atoms with Gasteiger partial charge in [0.15, 0.2) is 0 Å². The average molecular weight is 338 g/mol. The number of anilines is 1. The molecule has 1 saturated carbocycles. The van der Waals surface area contributed by atoms with Gasteiger partial charge in [0.05, 0.1) is 11.9 Å². The summed E-state index contributed by atoms with van der Waals surface area (Å²) in [6.07, 6.45) is 5.73. The van der Waals surface area contributed by atoms with Crippen LogP contribution in [0.4, 0.5) is 5.69 Å². The lowest BCUT2D eigenvalue weighted by Crippen LogP contribution is -2.38. The Kier molecular flexibility index (Phi) is 5.68. The molecule has 1 aromatic carbocycles. The van der Waals surface area contributed by atoms with Crippen molar-refractivity contribution in [2.24, 2.45) is 0 Å². The number of sulfonamides is 1. The van der Waals surface area contributed by atoms with Crippen molar-refractivity contribution >= 4 is 21.6 Å². The smallest absolute Gasteiger partial charge is 0.232 e.